The average Bonchev–Trinajstić information content (AvgIpc) is 4.09. The van der Waals surface area contributed by atoms with E-state index in [1.54, 1.807) is 34.0 Å². The number of hydrogen-bond donors (Lipinski definition) is 4. The molecule has 2 saturated carbocycles. The number of carbonyl (C=O) groups excluding carboxylic acids is 4. The predicted molar refractivity (Wildman–Crippen MR) is 215 cm³/mol. The Morgan fingerprint density at radius 3 is 2.47 bits per heavy atom. The predicted octanol–water partition coefficient (Wildman–Crippen LogP) is 4.14. The number of nitrogens with zero attached hydrogens (tertiary/aromatic N) is 3. The number of benzene rings is 2. The maximum Gasteiger partial charge on any atom is 0.408 e. The number of aromatic nitrogens is 2. The molecular formula is C41H51N7O8S. The van der Waals surface area contributed by atoms with Crippen molar-refractivity contribution in [3.63, 3.8) is 0 Å². The molecule has 3 aromatic rings. The molecule has 2 aromatic carbocycles. The van der Waals surface area contributed by atoms with Gasteiger partial charge in [0.05, 0.1) is 17.5 Å². The van der Waals surface area contributed by atoms with Gasteiger partial charge >= 0.3 is 6.09 Å². The summed E-state index contributed by atoms with van der Waals surface area (Å²) in [6.45, 7) is 5.04. The molecule has 7 rings (SSSR count). The van der Waals surface area contributed by atoms with Crippen LogP contribution < -0.4 is 26.2 Å². The first-order valence-electron chi connectivity index (χ1n) is 19.7. The first-order valence-corrected chi connectivity index (χ1v) is 21.3. The summed E-state index contributed by atoms with van der Waals surface area (Å²) in [4.78, 5) is 71.6. The SMILES string of the molecule is CNc1c(-c2cccc3ccccc23)cnn(C2C[C@H]3C(=O)NC4(C(=O)NS(=O)(=O)C5CC5)C[C@H]4/C=C\CCCCC[C@H](NC(=O)OC(C)(C)C)C(=O)N3C2)c1=O. The Bertz CT molecular complexity index is 2280. The third-order valence-electron chi connectivity index (χ3n) is 11.2. The molecule has 3 heterocycles. The molecule has 16 heteroatoms. The number of amides is 4. The molecule has 57 heavy (non-hydrogen) atoms. The van der Waals surface area contributed by atoms with Gasteiger partial charge in [0.1, 0.15) is 28.9 Å². The lowest BCUT2D eigenvalue weighted by molar-refractivity contribution is -0.141. The number of allylic oxidation sites excluding steroid dienone is 1. The van der Waals surface area contributed by atoms with Crippen LogP contribution in [0.3, 0.4) is 0 Å². The Labute approximate surface area is 332 Å². The first kappa shape index (κ1) is 40.0. The Kier molecular flexibility index (Phi) is 10.9. The molecule has 0 bridgehead atoms. The minimum Gasteiger partial charge on any atom is -0.444 e. The quantitative estimate of drug-likeness (QED) is 0.252. The van der Waals surface area contributed by atoms with E-state index in [1.807, 2.05) is 54.6 Å². The van der Waals surface area contributed by atoms with E-state index in [1.165, 1.54) is 9.58 Å². The highest BCUT2D eigenvalue weighted by atomic mass is 32.2. The second kappa shape index (κ2) is 15.6. The van der Waals surface area contributed by atoms with Crippen LogP contribution in [0.25, 0.3) is 21.9 Å². The third kappa shape index (κ3) is 8.41. The molecule has 3 fully saturated rings. The lowest BCUT2D eigenvalue weighted by Crippen LogP contribution is -2.58. The molecule has 4 N–H and O–H groups in total. The number of carbonyl (C=O) groups is 4. The average molecular weight is 802 g/mol. The molecule has 2 aliphatic carbocycles. The van der Waals surface area contributed by atoms with Gasteiger partial charge in [0.2, 0.25) is 21.8 Å². The van der Waals surface area contributed by atoms with Crippen molar-refractivity contribution in [2.45, 2.75) is 113 Å². The summed E-state index contributed by atoms with van der Waals surface area (Å²) in [6.07, 6.45) is 8.67. The van der Waals surface area contributed by atoms with E-state index in [2.05, 4.69) is 25.8 Å². The summed E-state index contributed by atoms with van der Waals surface area (Å²) >= 11 is 0. The zero-order chi connectivity index (χ0) is 40.7. The summed E-state index contributed by atoms with van der Waals surface area (Å²) in [5.74, 6) is -2.51. The molecular weight excluding hydrogens is 751 g/mol. The fourth-order valence-corrected chi connectivity index (χ4v) is 9.40. The van der Waals surface area contributed by atoms with Gasteiger partial charge in [-0.05, 0) is 75.6 Å². The van der Waals surface area contributed by atoms with Crippen molar-refractivity contribution < 1.29 is 32.3 Å². The van der Waals surface area contributed by atoms with Crippen molar-refractivity contribution in [1.82, 2.24) is 30.0 Å². The molecule has 304 valence electrons. The zero-order valence-electron chi connectivity index (χ0n) is 32.7. The molecule has 0 spiro atoms. The van der Waals surface area contributed by atoms with Crippen LogP contribution in [0.4, 0.5) is 10.5 Å². The smallest absolute Gasteiger partial charge is 0.408 e. The van der Waals surface area contributed by atoms with Crippen LogP contribution in [0.2, 0.25) is 0 Å². The summed E-state index contributed by atoms with van der Waals surface area (Å²) < 4.78 is 34.8. The van der Waals surface area contributed by atoms with Crippen LogP contribution in [0.1, 0.15) is 84.6 Å². The maximum atomic E-state index is 14.6. The van der Waals surface area contributed by atoms with E-state index in [9.17, 15) is 32.4 Å². The van der Waals surface area contributed by atoms with E-state index in [-0.39, 0.29) is 31.5 Å². The molecule has 1 saturated heterocycles. The number of anilines is 1. The summed E-state index contributed by atoms with van der Waals surface area (Å²) in [7, 11) is -2.28. The number of fused-ring (bicyclic) bond motifs is 3. The van der Waals surface area contributed by atoms with Crippen molar-refractivity contribution in [2.75, 3.05) is 18.9 Å². The number of hydrogen-bond acceptors (Lipinski definition) is 10. The Hall–Kier alpha value is -5.25. The van der Waals surface area contributed by atoms with Gasteiger partial charge in [0.15, 0.2) is 0 Å². The number of nitrogens with one attached hydrogen (secondary N) is 4. The Morgan fingerprint density at radius 1 is 0.982 bits per heavy atom. The molecule has 0 radical (unpaired) electrons. The number of sulfonamides is 1. The minimum atomic E-state index is -3.92. The maximum absolute atomic E-state index is 14.6. The van der Waals surface area contributed by atoms with Gasteiger partial charge in [-0.15, -0.1) is 0 Å². The van der Waals surface area contributed by atoms with Crippen LogP contribution in [0, 0.1) is 5.92 Å². The van der Waals surface area contributed by atoms with Gasteiger partial charge in [-0.25, -0.2) is 17.9 Å². The van der Waals surface area contributed by atoms with Gasteiger partial charge in [-0.3, -0.25) is 23.9 Å². The van der Waals surface area contributed by atoms with E-state index in [4.69, 9.17) is 4.74 Å². The number of alkyl carbamates (subject to hydrolysis) is 1. The third-order valence-corrected chi connectivity index (χ3v) is 13.0. The highest BCUT2D eigenvalue weighted by Gasteiger charge is 2.62. The zero-order valence-corrected chi connectivity index (χ0v) is 33.6. The fourth-order valence-electron chi connectivity index (χ4n) is 8.04. The lowest BCUT2D eigenvalue weighted by Gasteiger charge is -2.30. The van der Waals surface area contributed by atoms with E-state index >= 15 is 0 Å². The number of ether oxygens (including phenoxy) is 1. The van der Waals surface area contributed by atoms with Gasteiger partial charge in [0, 0.05) is 31.5 Å². The van der Waals surface area contributed by atoms with Crippen LogP contribution in [-0.2, 0) is 29.1 Å². The highest BCUT2D eigenvalue weighted by molar-refractivity contribution is 7.91. The molecule has 4 aliphatic rings. The van der Waals surface area contributed by atoms with Gasteiger partial charge in [-0.2, -0.15) is 5.10 Å². The first-order chi connectivity index (χ1) is 27.1. The van der Waals surface area contributed by atoms with Crippen molar-refractivity contribution in [3.8, 4) is 11.1 Å². The highest BCUT2D eigenvalue weighted by Crippen LogP contribution is 2.46. The second-order valence-corrected chi connectivity index (χ2v) is 18.5. The molecule has 5 atom stereocenters. The van der Waals surface area contributed by atoms with Crippen LogP contribution in [-0.4, -0.2) is 89.0 Å². The van der Waals surface area contributed by atoms with Crippen LogP contribution in [0.5, 0.6) is 0 Å². The van der Waals surface area contributed by atoms with E-state index < -0.39 is 79.8 Å². The van der Waals surface area contributed by atoms with Gasteiger partial charge in [-0.1, -0.05) is 67.5 Å². The van der Waals surface area contributed by atoms with Crippen molar-refractivity contribution >= 4 is 50.3 Å². The normalized spacial score (nSPS) is 26.2. The largest absolute Gasteiger partial charge is 0.444 e. The summed E-state index contributed by atoms with van der Waals surface area (Å²) in [5.41, 5.74) is -1.17. The monoisotopic (exact) mass is 801 g/mol. The lowest BCUT2D eigenvalue weighted by atomic mass is 9.98. The van der Waals surface area contributed by atoms with Crippen molar-refractivity contribution in [2.24, 2.45) is 5.92 Å². The van der Waals surface area contributed by atoms with Gasteiger partial charge in [0.25, 0.3) is 11.5 Å². The summed E-state index contributed by atoms with van der Waals surface area (Å²) in [6, 6.07) is 10.6. The molecule has 2 unspecified atom stereocenters. The standard InChI is InChI=1S/C41H51N7O8S/c1-40(2,3)56-39(53)44-32-18-9-7-5-6-8-15-26-22-41(26,38(52)46-57(54,55)28-19-20-28)45-35(49)33-21-27(24-47(33)36(32)50)48-37(51)34(42-4)31(23-43-48)30-17-12-14-25-13-10-11-16-29(25)30/h8,10-17,23,26-28,32-33,42H,5-7,9,18-22,24H2,1-4H3,(H,44,53)(H,45,49)(H,46,52)/b15-8-/t26-,27?,32+,33+,41?/m1/s1. The molecule has 2 aliphatic heterocycles. The second-order valence-electron chi connectivity index (χ2n) is 16.6. The minimum absolute atomic E-state index is 0.0427. The fraction of sp³-hybridized carbons (Fsp3) is 0.512. The molecule has 15 nitrogen and oxygen atoms in total. The van der Waals surface area contributed by atoms with E-state index in [0.29, 0.717) is 31.2 Å². The number of rotatable bonds is 7. The van der Waals surface area contributed by atoms with Crippen molar-refractivity contribution in [1.29, 1.82) is 0 Å². The van der Waals surface area contributed by atoms with Gasteiger partial charge < -0.3 is 25.6 Å². The van der Waals surface area contributed by atoms with Crippen LogP contribution >= 0.6 is 0 Å². The molecule has 4 amide bonds. The van der Waals surface area contributed by atoms with Crippen molar-refractivity contribution in [3.05, 3.63) is 71.2 Å². The molecule has 1 aromatic heterocycles. The van der Waals surface area contributed by atoms with E-state index in [0.717, 1.165) is 29.2 Å². The summed E-state index contributed by atoms with van der Waals surface area (Å²) in [5, 5.41) is 14.5. The Balaban J connectivity index is 1.25. The topological polar surface area (TPSA) is 198 Å². The Morgan fingerprint density at radius 2 is 1.74 bits per heavy atom. The van der Waals surface area contributed by atoms with Crippen LogP contribution in [0.15, 0.2) is 65.6 Å².